The summed E-state index contributed by atoms with van der Waals surface area (Å²) in [5.41, 5.74) is 0.654. The van der Waals surface area contributed by atoms with E-state index in [2.05, 4.69) is 23.9 Å². The fraction of sp³-hybridized carbons (Fsp3) is 0.562. The molecule has 1 aliphatic heterocycles. The molecule has 116 valence electrons. The van der Waals surface area contributed by atoms with Gasteiger partial charge in [-0.25, -0.2) is 0 Å². The number of piperazine rings is 1. The number of rotatable bonds is 5. The maximum Gasteiger partial charge on any atom is 0.257 e. The molecule has 1 aliphatic rings. The zero-order valence-corrected chi connectivity index (χ0v) is 13.2. The lowest BCUT2D eigenvalue weighted by molar-refractivity contribution is 0.0626. The van der Waals surface area contributed by atoms with Gasteiger partial charge in [-0.3, -0.25) is 9.69 Å². The van der Waals surface area contributed by atoms with Crippen LogP contribution in [0.4, 0.5) is 0 Å². The lowest BCUT2D eigenvalue weighted by Crippen LogP contribution is -2.50. The highest BCUT2D eigenvalue weighted by atomic mass is 16.5. The number of ether oxygens (including phenoxy) is 1. The Balaban J connectivity index is 1.91. The monoisotopic (exact) mass is 291 g/mol. The van der Waals surface area contributed by atoms with Crippen LogP contribution in [-0.2, 0) is 0 Å². The van der Waals surface area contributed by atoms with Crippen LogP contribution in [0.15, 0.2) is 24.3 Å². The maximum absolute atomic E-state index is 12.6. The van der Waals surface area contributed by atoms with E-state index < -0.39 is 0 Å². The zero-order valence-electron chi connectivity index (χ0n) is 13.2. The lowest BCUT2D eigenvalue weighted by atomic mass is 10.1. The molecule has 0 aromatic heterocycles. The van der Waals surface area contributed by atoms with Crippen molar-refractivity contribution in [2.75, 3.05) is 60.5 Å². The van der Waals surface area contributed by atoms with E-state index in [0.29, 0.717) is 11.3 Å². The van der Waals surface area contributed by atoms with Gasteiger partial charge in [-0.05, 0) is 26.2 Å². The first-order valence-corrected chi connectivity index (χ1v) is 7.41. The first kappa shape index (κ1) is 15.8. The highest BCUT2D eigenvalue weighted by Crippen LogP contribution is 2.20. The molecular formula is C16H25N3O2. The summed E-state index contributed by atoms with van der Waals surface area (Å²) >= 11 is 0. The molecule has 21 heavy (non-hydrogen) atoms. The first-order valence-electron chi connectivity index (χ1n) is 7.41. The molecule has 0 bridgehead atoms. The summed E-state index contributed by atoms with van der Waals surface area (Å²) in [7, 11) is 5.77. The summed E-state index contributed by atoms with van der Waals surface area (Å²) in [4.78, 5) is 19.1. The SMILES string of the molecule is COc1ccccc1C(=O)N1CCN(CCN(C)C)CC1. The number of benzene rings is 1. The van der Waals surface area contributed by atoms with Gasteiger partial charge in [-0.1, -0.05) is 12.1 Å². The fourth-order valence-electron chi connectivity index (χ4n) is 2.51. The predicted molar refractivity (Wildman–Crippen MR) is 83.9 cm³/mol. The van der Waals surface area contributed by atoms with Crippen LogP contribution in [0.3, 0.4) is 0 Å². The number of para-hydroxylation sites is 1. The number of hydrogen-bond donors (Lipinski definition) is 0. The largest absolute Gasteiger partial charge is 0.496 e. The molecule has 5 nitrogen and oxygen atoms in total. The van der Waals surface area contributed by atoms with E-state index in [0.717, 1.165) is 39.3 Å². The molecule has 0 radical (unpaired) electrons. The lowest BCUT2D eigenvalue weighted by Gasteiger charge is -2.35. The molecule has 0 saturated carbocycles. The van der Waals surface area contributed by atoms with Gasteiger partial charge in [0.1, 0.15) is 5.75 Å². The third-order valence-electron chi connectivity index (χ3n) is 3.86. The van der Waals surface area contributed by atoms with Gasteiger partial charge >= 0.3 is 0 Å². The number of methoxy groups -OCH3 is 1. The van der Waals surface area contributed by atoms with Crippen molar-refractivity contribution in [2.45, 2.75) is 0 Å². The predicted octanol–water partition coefficient (Wildman–Crippen LogP) is 1.01. The van der Waals surface area contributed by atoms with Crippen molar-refractivity contribution in [2.24, 2.45) is 0 Å². The number of carbonyl (C=O) groups excluding carboxylic acids is 1. The third-order valence-corrected chi connectivity index (χ3v) is 3.86. The highest BCUT2D eigenvalue weighted by molar-refractivity contribution is 5.97. The van der Waals surface area contributed by atoms with Crippen molar-refractivity contribution in [3.63, 3.8) is 0 Å². The van der Waals surface area contributed by atoms with E-state index >= 15 is 0 Å². The number of hydrogen-bond acceptors (Lipinski definition) is 4. The molecule has 0 aliphatic carbocycles. The van der Waals surface area contributed by atoms with Crippen molar-refractivity contribution in [1.82, 2.24) is 14.7 Å². The number of nitrogens with zero attached hydrogens (tertiary/aromatic N) is 3. The molecule has 5 heteroatoms. The van der Waals surface area contributed by atoms with Crippen LogP contribution in [-0.4, -0.2) is 81.1 Å². The van der Waals surface area contributed by atoms with Crippen LogP contribution < -0.4 is 4.74 Å². The smallest absolute Gasteiger partial charge is 0.257 e. The molecule has 1 amide bonds. The second-order valence-corrected chi connectivity index (χ2v) is 5.64. The number of carbonyl (C=O) groups is 1. The summed E-state index contributed by atoms with van der Waals surface area (Å²) in [5, 5.41) is 0. The zero-order chi connectivity index (χ0) is 15.2. The van der Waals surface area contributed by atoms with Crippen LogP contribution in [0.1, 0.15) is 10.4 Å². The normalized spacial score (nSPS) is 16.3. The Morgan fingerprint density at radius 3 is 2.48 bits per heavy atom. The Bertz CT molecular complexity index is 468. The van der Waals surface area contributed by atoms with Crippen LogP contribution in [0.2, 0.25) is 0 Å². The summed E-state index contributed by atoms with van der Waals surface area (Å²) in [6.45, 7) is 5.56. The van der Waals surface area contributed by atoms with E-state index in [4.69, 9.17) is 4.74 Å². The molecule has 1 saturated heterocycles. The number of amides is 1. The molecule has 1 fully saturated rings. The van der Waals surface area contributed by atoms with Gasteiger partial charge in [-0.2, -0.15) is 0 Å². The van der Waals surface area contributed by atoms with E-state index in [1.54, 1.807) is 7.11 Å². The molecule has 1 aromatic rings. The van der Waals surface area contributed by atoms with Gasteiger partial charge in [0, 0.05) is 39.3 Å². The Kier molecular flexibility index (Phi) is 5.59. The summed E-state index contributed by atoms with van der Waals surface area (Å²) in [6, 6.07) is 7.43. The fourth-order valence-corrected chi connectivity index (χ4v) is 2.51. The van der Waals surface area contributed by atoms with Gasteiger partial charge in [-0.15, -0.1) is 0 Å². The Morgan fingerprint density at radius 2 is 1.86 bits per heavy atom. The van der Waals surface area contributed by atoms with Crippen LogP contribution >= 0.6 is 0 Å². The molecular weight excluding hydrogens is 266 g/mol. The minimum atomic E-state index is 0.0692. The summed E-state index contributed by atoms with van der Waals surface area (Å²) in [5.74, 6) is 0.720. The Hall–Kier alpha value is -1.59. The van der Waals surface area contributed by atoms with Crippen LogP contribution in [0, 0.1) is 0 Å². The van der Waals surface area contributed by atoms with E-state index in [-0.39, 0.29) is 5.91 Å². The van der Waals surface area contributed by atoms with Gasteiger partial charge in [0.05, 0.1) is 12.7 Å². The third kappa shape index (κ3) is 4.19. The Morgan fingerprint density at radius 1 is 1.19 bits per heavy atom. The standard InChI is InChI=1S/C16H25N3O2/c1-17(2)8-9-18-10-12-19(13-11-18)16(20)14-6-4-5-7-15(14)21-3/h4-7H,8-13H2,1-3H3. The Labute approximate surface area is 127 Å². The van der Waals surface area contributed by atoms with Crippen LogP contribution in [0.25, 0.3) is 0 Å². The average molecular weight is 291 g/mol. The van der Waals surface area contributed by atoms with Gasteiger partial charge < -0.3 is 14.5 Å². The van der Waals surface area contributed by atoms with Crippen molar-refractivity contribution < 1.29 is 9.53 Å². The minimum Gasteiger partial charge on any atom is -0.496 e. The maximum atomic E-state index is 12.6. The van der Waals surface area contributed by atoms with Crippen molar-refractivity contribution in [1.29, 1.82) is 0 Å². The van der Waals surface area contributed by atoms with Crippen molar-refractivity contribution in [3.8, 4) is 5.75 Å². The van der Waals surface area contributed by atoms with Crippen molar-refractivity contribution >= 4 is 5.91 Å². The average Bonchev–Trinajstić information content (AvgIpc) is 2.52. The first-order chi connectivity index (χ1) is 10.1. The highest BCUT2D eigenvalue weighted by Gasteiger charge is 2.23. The van der Waals surface area contributed by atoms with Gasteiger partial charge in [0.2, 0.25) is 0 Å². The van der Waals surface area contributed by atoms with E-state index in [9.17, 15) is 4.79 Å². The van der Waals surface area contributed by atoms with Gasteiger partial charge in [0.15, 0.2) is 0 Å². The minimum absolute atomic E-state index is 0.0692. The second-order valence-electron chi connectivity index (χ2n) is 5.64. The van der Waals surface area contributed by atoms with E-state index in [1.165, 1.54) is 0 Å². The van der Waals surface area contributed by atoms with E-state index in [1.807, 2.05) is 29.2 Å². The molecule has 0 atom stereocenters. The van der Waals surface area contributed by atoms with Gasteiger partial charge in [0.25, 0.3) is 5.91 Å². The molecule has 1 heterocycles. The molecule has 1 aromatic carbocycles. The topological polar surface area (TPSA) is 36.0 Å². The molecule has 0 N–H and O–H groups in total. The van der Waals surface area contributed by atoms with Crippen LogP contribution in [0.5, 0.6) is 5.75 Å². The summed E-state index contributed by atoms with van der Waals surface area (Å²) in [6.07, 6.45) is 0. The second kappa shape index (κ2) is 7.43. The summed E-state index contributed by atoms with van der Waals surface area (Å²) < 4.78 is 5.28. The quantitative estimate of drug-likeness (QED) is 0.811. The number of likely N-dealkylation sites (N-methyl/N-ethyl adjacent to an activating group) is 1. The molecule has 2 rings (SSSR count). The molecule has 0 spiro atoms. The molecule has 0 unspecified atom stereocenters. The van der Waals surface area contributed by atoms with Crippen molar-refractivity contribution in [3.05, 3.63) is 29.8 Å².